The summed E-state index contributed by atoms with van der Waals surface area (Å²) in [6.45, 7) is 0. The molecule has 0 saturated carbocycles. The fourth-order valence-corrected chi connectivity index (χ4v) is 3.05. The average Bonchev–Trinajstić information content (AvgIpc) is 2.32. The van der Waals surface area contributed by atoms with Gasteiger partial charge in [-0.3, -0.25) is 4.79 Å². The van der Waals surface area contributed by atoms with Crippen LogP contribution in [0.15, 0.2) is 45.3 Å². The van der Waals surface area contributed by atoms with E-state index in [0.717, 1.165) is 8.95 Å². The monoisotopic (exact) mass is 421 g/mol. The van der Waals surface area contributed by atoms with Crippen LogP contribution in [0.25, 0.3) is 0 Å². The van der Waals surface area contributed by atoms with Gasteiger partial charge in [0.05, 0.1) is 10.0 Å². The Bertz CT molecular complexity index is 626. The Hall–Kier alpha value is -0.550. The Labute approximate surface area is 137 Å². The first-order chi connectivity index (χ1) is 8.95. The van der Waals surface area contributed by atoms with Gasteiger partial charge in [0.1, 0.15) is 0 Å². The van der Waals surface area contributed by atoms with E-state index < -0.39 is 0 Å². The van der Waals surface area contributed by atoms with Gasteiger partial charge in [-0.15, -0.1) is 0 Å². The topological polar surface area (TPSA) is 29.1 Å². The Morgan fingerprint density at radius 3 is 2.16 bits per heavy atom. The van der Waals surface area contributed by atoms with Crippen LogP contribution in [0.2, 0.25) is 10.0 Å². The molecule has 1 N–H and O–H groups in total. The first-order valence-electron chi connectivity index (χ1n) is 5.18. The first-order valence-corrected chi connectivity index (χ1v) is 7.52. The number of halogens is 4. The first kappa shape index (κ1) is 14.9. The van der Waals surface area contributed by atoms with Crippen LogP contribution >= 0.6 is 55.1 Å². The highest BCUT2D eigenvalue weighted by Crippen LogP contribution is 2.26. The largest absolute Gasteiger partial charge is 0.322 e. The molecule has 0 aliphatic heterocycles. The maximum Gasteiger partial charge on any atom is 0.255 e. The van der Waals surface area contributed by atoms with Crippen molar-refractivity contribution in [2.45, 2.75) is 0 Å². The Morgan fingerprint density at radius 1 is 0.947 bits per heavy atom. The van der Waals surface area contributed by atoms with Crippen molar-refractivity contribution in [3.63, 3.8) is 0 Å². The van der Waals surface area contributed by atoms with Crippen LogP contribution in [0.1, 0.15) is 10.4 Å². The summed E-state index contributed by atoms with van der Waals surface area (Å²) in [4.78, 5) is 12.1. The van der Waals surface area contributed by atoms with E-state index in [-0.39, 0.29) is 5.91 Å². The van der Waals surface area contributed by atoms with Gasteiger partial charge in [0.15, 0.2) is 0 Å². The zero-order chi connectivity index (χ0) is 14.0. The molecule has 2 aromatic carbocycles. The third kappa shape index (κ3) is 3.96. The van der Waals surface area contributed by atoms with E-state index in [2.05, 4.69) is 37.2 Å². The molecule has 0 atom stereocenters. The van der Waals surface area contributed by atoms with Crippen molar-refractivity contribution in [1.29, 1.82) is 0 Å². The third-order valence-corrected chi connectivity index (χ3v) is 3.96. The second-order valence-corrected chi connectivity index (χ2v) is 6.39. The predicted molar refractivity (Wildman–Crippen MR) is 86.3 cm³/mol. The summed E-state index contributed by atoms with van der Waals surface area (Å²) in [6, 6.07) is 10.3. The van der Waals surface area contributed by atoms with Crippen LogP contribution in [0, 0.1) is 0 Å². The number of carbonyl (C=O) groups excluding carboxylic acids is 1. The molecule has 6 heteroatoms. The summed E-state index contributed by atoms with van der Waals surface area (Å²) < 4.78 is 1.64. The zero-order valence-corrected chi connectivity index (χ0v) is 14.1. The number of hydrogen-bond donors (Lipinski definition) is 1. The molecule has 0 bridgehead atoms. The second kappa shape index (κ2) is 6.27. The van der Waals surface area contributed by atoms with E-state index in [0.29, 0.717) is 21.3 Å². The number of benzene rings is 2. The molecule has 0 radical (unpaired) electrons. The summed E-state index contributed by atoms with van der Waals surface area (Å²) in [5, 5.41) is 3.60. The number of nitrogens with one attached hydrogen (secondary N) is 1. The van der Waals surface area contributed by atoms with E-state index >= 15 is 0 Å². The smallest absolute Gasteiger partial charge is 0.255 e. The molecule has 2 rings (SSSR count). The molecule has 19 heavy (non-hydrogen) atoms. The van der Waals surface area contributed by atoms with Crippen molar-refractivity contribution in [1.82, 2.24) is 0 Å². The molecule has 2 aromatic rings. The highest BCUT2D eigenvalue weighted by molar-refractivity contribution is 9.11. The van der Waals surface area contributed by atoms with Gasteiger partial charge < -0.3 is 5.32 Å². The summed E-state index contributed by atoms with van der Waals surface area (Å²) in [7, 11) is 0. The fourth-order valence-electron chi connectivity index (χ4n) is 1.46. The van der Waals surface area contributed by atoms with E-state index in [4.69, 9.17) is 23.2 Å². The number of anilines is 1. The molecule has 0 heterocycles. The second-order valence-electron chi connectivity index (χ2n) is 3.74. The normalized spacial score (nSPS) is 10.3. The van der Waals surface area contributed by atoms with Crippen molar-refractivity contribution in [2.75, 3.05) is 5.32 Å². The van der Waals surface area contributed by atoms with Crippen molar-refractivity contribution in [3.8, 4) is 0 Å². The molecule has 0 fully saturated rings. The predicted octanol–water partition coefficient (Wildman–Crippen LogP) is 5.77. The van der Waals surface area contributed by atoms with Gasteiger partial charge in [-0.1, -0.05) is 55.1 Å². The molecule has 0 aliphatic rings. The lowest BCUT2D eigenvalue weighted by molar-refractivity contribution is 0.102. The zero-order valence-electron chi connectivity index (χ0n) is 9.38. The Kier molecular flexibility index (Phi) is 4.90. The lowest BCUT2D eigenvalue weighted by atomic mass is 10.2. The number of rotatable bonds is 2. The summed E-state index contributed by atoms with van der Waals surface area (Å²) >= 11 is 18.4. The summed E-state index contributed by atoms with van der Waals surface area (Å²) in [5.41, 5.74) is 1.13. The van der Waals surface area contributed by atoms with Gasteiger partial charge in [0.25, 0.3) is 5.91 Å². The lowest BCUT2D eigenvalue weighted by Crippen LogP contribution is -2.11. The summed E-state index contributed by atoms with van der Waals surface area (Å²) in [6.07, 6.45) is 0. The van der Waals surface area contributed by atoms with Crippen LogP contribution < -0.4 is 5.32 Å². The lowest BCUT2D eigenvalue weighted by Gasteiger charge is -2.07. The van der Waals surface area contributed by atoms with E-state index in [1.165, 1.54) is 0 Å². The third-order valence-electron chi connectivity index (χ3n) is 2.30. The number of amides is 1. The molecule has 98 valence electrons. The van der Waals surface area contributed by atoms with E-state index in [1.54, 1.807) is 30.3 Å². The van der Waals surface area contributed by atoms with Gasteiger partial charge >= 0.3 is 0 Å². The molecule has 0 spiro atoms. The van der Waals surface area contributed by atoms with E-state index in [1.807, 2.05) is 6.07 Å². The minimum absolute atomic E-state index is 0.222. The molecule has 0 aliphatic carbocycles. The highest BCUT2D eigenvalue weighted by atomic mass is 79.9. The fraction of sp³-hybridized carbons (Fsp3) is 0. The standard InChI is InChI=1S/C13H7Br2Cl2NO/c14-8-3-7(4-9(15)5-8)13(19)18-10-1-2-11(16)12(17)6-10/h1-6H,(H,18,19). The minimum Gasteiger partial charge on any atom is -0.322 e. The number of hydrogen-bond acceptors (Lipinski definition) is 1. The molecule has 2 nitrogen and oxygen atoms in total. The SMILES string of the molecule is O=C(Nc1ccc(Cl)c(Cl)c1)c1cc(Br)cc(Br)c1. The minimum atomic E-state index is -0.222. The van der Waals surface area contributed by atoms with Crippen molar-refractivity contribution >= 4 is 66.7 Å². The average molecular weight is 424 g/mol. The maximum absolute atomic E-state index is 12.1. The molecule has 1 amide bonds. The Morgan fingerprint density at radius 2 is 1.58 bits per heavy atom. The van der Waals surface area contributed by atoms with Crippen molar-refractivity contribution in [2.24, 2.45) is 0 Å². The van der Waals surface area contributed by atoms with Crippen molar-refractivity contribution in [3.05, 3.63) is 61.0 Å². The molecule has 0 saturated heterocycles. The maximum atomic E-state index is 12.1. The van der Waals surface area contributed by atoms with Crippen LogP contribution in [0.3, 0.4) is 0 Å². The molecule has 0 aromatic heterocycles. The van der Waals surface area contributed by atoms with Gasteiger partial charge in [-0.2, -0.15) is 0 Å². The molecular formula is C13H7Br2Cl2NO. The van der Waals surface area contributed by atoms with Gasteiger partial charge in [-0.25, -0.2) is 0 Å². The van der Waals surface area contributed by atoms with Crippen LogP contribution in [-0.4, -0.2) is 5.91 Å². The quantitative estimate of drug-likeness (QED) is 0.652. The van der Waals surface area contributed by atoms with Gasteiger partial charge in [0.2, 0.25) is 0 Å². The summed E-state index contributed by atoms with van der Waals surface area (Å²) in [5.74, 6) is -0.222. The van der Waals surface area contributed by atoms with Gasteiger partial charge in [-0.05, 0) is 36.4 Å². The van der Waals surface area contributed by atoms with Crippen LogP contribution in [-0.2, 0) is 0 Å². The van der Waals surface area contributed by atoms with Crippen LogP contribution in [0.4, 0.5) is 5.69 Å². The Balaban J connectivity index is 2.22. The van der Waals surface area contributed by atoms with Crippen molar-refractivity contribution < 1.29 is 4.79 Å². The molecular weight excluding hydrogens is 417 g/mol. The van der Waals surface area contributed by atoms with Crippen LogP contribution in [0.5, 0.6) is 0 Å². The highest BCUT2D eigenvalue weighted by Gasteiger charge is 2.09. The van der Waals surface area contributed by atoms with E-state index in [9.17, 15) is 4.79 Å². The number of carbonyl (C=O) groups is 1. The molecule has 0 unspecified atom stereocenters. The van der Waals surface area contributed by atoms with Gasteiger partial charge in [0, 0.05) is 20.2 Å².